The van der Waals surface area contributed by atoms with Gasteiger partial charge in [0.1, 0.15) is 5.52 Å². The van der Waals surface area contributed by atoms with E-state index in [2.05, 4.69) is 10.3 Å². The summed E-state index contributed by atoms with van der Waals surface area (Å²) in [5.74, 6) is -0.801. The summed E-state index contributed by atoms with van der Waals surface area (Å²) < 4.78 is 7.42. The lowest BCUT2D eigenvalue weighted by Crippen LogP contribution is -2.36. The van der Waals surface area contributed by atoms with Crippen molar-refractivity contribution < 1.29 is 14.3 Å². The number of likely N-dealkylation sites (N-methyl/N-ethyl adjacent to an activating group) is 1. The summed E-state index contributed by atoms with van der Waals surface area (Å²) in [6.45, 7) is 7.55. The number of esters is 1. The number of hydrogen-bond donors (Lipinski definition) is 0. The van der Waals surface area contributed by atoms with Crippen LogP contribution in [0.5, 0.6) is 0 Å². The topological polar surface area (TPSA) is 77.3 Å². The highest BCUT2D eigenvalue weighted by atomic mass is 16.5. The first-order valence-electron chi connectivity index (χ1n) is 9.46. The Morgan fingerprint density at radius 1 is 1.07 bits per heavy atom. The third-order valence-corrected chi connectivity index (χ3v) is 4.68. The normalized spacial score (nSPS) is 12.0. The summed E-state index contributed by atoms with van der Waals surface area (Å²) in [4.78, 5) is 27.4. The fourth-order valence-corrected chi connectivity index (χ4v) is 3.10. The van der Waals surface area contributed by atoms with Gasteiger partial charge in [-0.1, -0.05) is 35.5 Å². The maximum Gasteiger partial charge on any atom is 0.339 e. The molecule has 1 heterocycles. The number of carbonyl (C=O) groups is 2. The standard InChI is InChI=1S/C21H24N4O3/c1-4-24(5-2)20(26)19(15-10-8-7-9-11-15)28-21(27)16-12-13-18-17(14-16)22-23-25(18)6-3/h7-14,19H,4-6H2,1-3H3/t19-/m0/s1. The zero-order valence-electron chi connectivity index (χ0n) is 16.3. The van der Waals surface area contributed by atoms with Crippen molar-refractivity contribution in [1.29, 1.82) is 0 Å². The molecule has 1 amide bonds. The highest BCUT2D eigenvalue weighted by Crippen LogP contribution is 2.23. The van der Waals surface area contributed by atoms with E-state index in [0.717, 1.165) is 5.52 Å². The van der Waals surface area contributed by atoms with Crippen molar-refractivity contribution in [2.45, 2.75) is 33.4 Å². The predicted octanol–water partition coefficient (Wildman–Crippen LogP) is 3.22. The second kappa shape index (κ2) is 8.65. The lowest BCUT2D eigenvalue weighted by Gasteiger charge is -2.25. The SMILES string of the molecule is CCN(CC)C(=O)[C@@H](OC(=O)c1ccc2c(c1)nnn2CC)c1ccccc1. The Balaban J connectivity index is 1.89. The average Bonchev–Trinajstić information content (AvgIpc) is 3.15. The third kappa shape index (κ3) is 3.88. The molecule has 0 unspecified atom stereocenters. The second-order valence-corrected chi connectivity index (χ2v) is 6.32. The van der Waals surface area contributed by atoms with Crippen LogP contribution in [0.1, 0.15) is 42.8 Å². The van der Waals surface area contributed by atoms with Crippen LogP contribution in [0.15, 0.2) is 48.5 Å². The molecule has 28 heavy (non-hydrogen) atoms. The molecule has 1 atom stereocenters. The molecule has 146 valence electrons. The first-order chi connectivity index (χ1) is 13.6. The molecule has 0 spiro atoms. The van der Waals surface area contributed by atoms with Gasteiger partial charge in [0.15, 0.2) is 0 Å². The van der Waals surface area contributed by atoms with E-state index in [-0.39, 0.29) is 5.91 Å². The summed E-state index contributed by atoms with van der Waals surface area (Å²) in [6, 6.07) is 14.2. The molecule has 1 aromatic heterocycles. The largest absolute Gasteiger partial charge is 0.444 e. The quantitative estimate of drug-likeness (QED) is 0.588. The van der Waals surface area contributed by atoms with Gasteiger partial charge in [0, 0.05) is 25.2 Å². The van der Waals surface area contributed by atoms with Crippen LogP contribution in [0.3, 0.4) is 0 Å². The Labute approximate surface area is 163 Å². The first-order valence-corrected chi connectivity index (χ1v) is 9.46. The van der Waals surface area contributed by atoms with Crippen molar-refractivity contribution >= 4 is 22.9 Å². The Hall–Kier alpha value is -3.22. The number of hydrogen-bond acceptors (Lipinski definition) is 5. The fraction of sp³-hybridized carbons (Fsp3) is 0.333. The van der Waals surface area contributed by atoms with Crippen LogP contribution in [0.4, 0.5) is 0 Å². The molecule has 0 aliphatic heterocycles. The van der Waals surface area contributed by atoms with E-state index in [1.165, 1.54) is 0 Å². The number of benzene rings is 2. The van der Waals surface area contributed by atoms with Crippen molar-refractivity contribution in [1.82, 2.24) is 19.9 Å². The van der Waals surface area contributed by atoms with Crippen molar-refractivity contribution in [2.75, 3.05) is 13.1 Å². The number of amides is 1. The fourth-order valence-electron chi connectivity index (χ4n) is 3.10. The molecule has 3 rings (SSSR count). The molecule has 7 heteroatoms. The smallest absolute Gasteiger partial charge is 0.339 e. The Bertz CT molecular complexity index is 964. The molecule has 0 bridgehead atoms. The molecule has 7 nitrogen and oxygen atoms in total. The minimum Gasteiger partial charge on any atom is -0.444 e. The monoisotopic (exact) mass is 380 g/mol. The van der Waals surface area contributed by atoms with Crippen LogP contribution >= 0.6 is 0 Å². The van der Waals surface area contributed by atoms with Crippen molar-refractivity contribution in [2.24, 2.45) is 0 Å². The van der Waals surface area contributed by atoms with E-state index in [1.807, 2.05) is 39.0 Å². The molecule has 3 aromatic rings. The molecular formula is C21H24N4O3. The zero-order valence-corrected chi connectivity index (χ0v) is 16.3. The number of fused-ring (bicyclic) bond motifs is 1. The lowest BCUT2D eigenvalue weighted by molar-refractivity contribution is -0.140. The van der Waals surface area contributed by atoms with Crippen LogP contribution < -0.4 is 0 Å². The molecule has 2 aromatic carbocycles. The van der Waals surface area contributed by atoms with E-state index < -0.39 is 12.1 Å². The van der Waals surface area contributed by atoms with Gasteiger partial charge < -0.3 is 9.64 Å². The highest BCUT2D eigenvalue weighted by molar-refractivity contribution is 5.95. The van der Waals surface area contributed by atoms with Gasteiger partial charge in [-0.3, -0.25) is 4.79 Å². The molecular weight excluding hydrogens is 356 g/mol. The summed E-state index contributed by atoms with van der Waals surface area (Å²) in [7, 11) is 0. The average molecular weight is 380 g/mol. The summed E-state index contributed by atoms with van der Waals surface area (Å²) in [5, 5.41) is 8.14. The number of aromatic nitrogens is 3. The van der Waals surface area contributed by atoms with Crippen LogP contribution in [0, 0.1) is 0 Å². The van der Waals surface area contributed by atoms with Crippen LogP contribution in [0.25, 0.3) is 11.0 Å². The number of aryl methyl sites for hydroxylation is 1. The number of ether oxygens (including phenoxy) is 1. The molecule has 0 radical (unpaired) electrons. The number of rotatable bonds is 7. The van der Waals surface area contributed by atoms with Crippen LogP contribution in [-0.2, 0) is 16.1 Å². The first kappa shape index (κ1) is 19.5. The van der Waals surface area contributed by atoms with Gasteiger partial charge in [0.25, 0.3) is 5.91 Å². The number of nitrogens with zero attached hydrogens (tertiary/aromatic N) is 4. The number of carbonyl (C=O) groups excluding carboxylic acids is 2. The van der Waals surface area contributed by atoms with E-state index >= 15 is 0 Å². The lowest BCUT2D eigenvalue weighted by atomic mass is 10.1. The molecule has 0 saturated heterocycles. The Morgan fingerprint density at radius 2 is 1.79 bits per heavy atom. The van der Waals surface area contributed by atoms with E-state index in [9.17, 15) is 9.59 Å². The Morgan fingerprint density at radius 3 is 2.43 bits per heavy atom. The van der Waals surface area contributed by atoms with Gasteiger partial charge in [-0.2, -0.15) is 0 Å². The minimum atomic E-state index is -0.990. The van der Waals surface area contributed by atoms with Crippen molar-refractivity contribution in [3.05, 3.63) is 59.7 Å². The zero-order chi connectivity index (χ0) is 20.1. The van der Waals surface area contributed by atoms with Crippen LogP contribution in [-0.4, -0.2) is 44.9 Å². The summed E-state index contributed by atoms with van der Waals surface area (Å²) in [6.07, 6.45) is -0.990. The van der Waals surface area contributed by atoms with Gasteiger partial charge in [-0.25, -0.2) is 9.48 Å². The highest BCUT2D eigenvalue weighted by Gasteiger charge is 2.29. The Kier molecular flexibility index (Phi) is 6.03. The van der Waals surface area contributed by atoms with Gasteiger partial charge in [0.2, 0.25) is 6.10 Å². The van der Waals surface area contributed by atoms with E-state index in [0.29, 0.717) is 36.3 Å². The maximum absolute atomic E-state index is 13.0. The van der Waals surface area contributed by atoms with Crippen LogP contribution in [0.2, 0.25) is 0 Å². The maximum atomic E-state index is 13.0. The molecule has 0 fully saturated rings. The van der Waals surface area contributed by atoms with Gasteiger partial charge in [-0.15, -0.1) is 5.10 Å². The molecule has 0 saturated carbocycles. The molecule has 0 aliphatic carbocycles. The third-order valence-electron chi connectivity index (χ3n) is 4.68. The molecule has 0 N–H and O–H groups in total. The second-order valence-electron chi connectivity index (χ2n) is 6.32. The van der Waals surface area contributed by atoms with E-state index in [4.69, 9.17) is 4.74 Å². The van der Waals surface area contributed by atoms with Crippen molar-refractivity contribution in [3.8, 4) is 0 Å². The summed E-state index contributed by atoms with van der Waals surface area (Å²) >= 11 is 0. The molecule has 0 aliphatic rings. The predicted molar refractivity (Wildman–Crippen MR) is 106 cm³/mol. The van der Waals surface area contributed by atoms with Gasteiger partial charge >= 0.3 is 5.97 Å². The summed E-state index contributed by atoms with van der Waals surface area (Å²) in [5.41, 5.74) is 2.44. The van der Waals surface area contributed by atoms with Gasteiger partial charge in [0.05, 0.1) is 11.1 Å². The van der Waals surface area contributed by atoms with E-state index in [1.54, 1.807) is 39.9 Å². The van der Waals surface area contributed by atoms with Gasteiger partial charge in [-0.05, 0) is 39.0 Å². The minimum absolute atomic E-state index is 0.234. The van der Waals surface area contributed by atoms with Crippen molar-refractivity contribution in [3.63, 3.8) is 0 Å².